The Morgan fingerprint density at radius 2 is 1.93 bits per heavy atom. The lowest BCUT2D eigenvalue weighted by molar-refractivity contribution is -0.157. The molecule has 0 aromatic heterocycles. The molecular formula is C9H16BrNO3. The SMILES string of the molecule is CC(C)(C)OC(=O)C(N)CC(=O)CBr. The molecule has 1 unspecified atom stereocenters. The number of rotatable bonds is 4. The van der Waals surface area contributed by atoms with Crippen LogP contribution in [0.1, 0.15) is 27.2 Å². The second-order valence-electron chi connectivity index (χ2n) is 4.02. The number of Topliss-reactive ketones (excluding diaryl/α,β-unsaturated/α-hetero) is 1. The fourth-order valence-corrected chi connectivity index (χ4v) is 0.990. The van der Waals surface area contributed by atoms with Crippen LogP contribution in [0.5, 0.6) is 0 Å². The van der Waals surface area contributed by atoms with Gasteiger partial charge in [-0.15, -0.1) is 0 Å². The predicted molar refractivity (Wildman–Crippen MR) is 57.2 cm³/mol. The van der Waals surface area contributed by atoms with Gasteiger partial charge < -0.3 is 10.5 Å². The van der Waals surface area contributed by atoms with Gasteiger partial charge in [0.25, 0.3) is 0 Å². The minimum absolute atomic E-state index is 0.0141. The zero-order valence-electron chi connectivity index (χ0n) is 8.67. The van der Waals surface area contributed by atoms with Gasteiger partial charge in [0.2, 0.25) is 0 Å². The lowest BCUT2D eigenvalue weighted by Gasteiger charge is -2.21. The average Bonchev–Trinajstić information content (AvgIpc) is 2.00. The van der Waals surface area contributed by atoms with Crippen LogP contribution in [-0.4, -0.2) is 28.7 Å². The van der Waals surface area contributed by atoms with Crippen molar-refractivity contribution in [1.82, 2.24) is 0 Å². The number of ether oxygens (including phenoxy) is 1. The quantitative estimate of drug-likeness (QED) is 0.609. The van der Waals surface area contributed by atoms with E-state index < -0.39 is 17.6 Å². The first-order chi connectivity index (χ1) is 6.26. The van der Waals surface area contributed by atoms with Crippen molar-refractivity contribution < 1.29 is 14.3 Å². The van der Waals surface area contributed by atoms with Crippen LogP contribution in [0.25, 0.3) is 0 Å². The maximum atomic E-state index is 11.3. The van der Waals surface area contributed by atoms with Gasteiger partial charge in [0.15, 0.2) is 0 Å². The molecule has 14 heavy (non-hydrogen) atoms. The molecule has 0 aromatic carbocycles. The van der Waals surface area contributed by atoms with Crippen LogP contribution in [-0.2, 0) is 14.3 Å². The van der Waals surface area contributed by atoms with Crippen LogP contribution in [0.2, 0.25) is 0 Å². The molecule has 0 bridgehead atoms. The molecule has 0 aliphatic rings. The summed E-state index contributed by atoms with van der Waals surface area (Å²) in [4.78, 5) is 22.3. The van der Waals surface area contributed by atoms with Gasteiger partial charge in [-0.05, 0) is 20.8 Å². The second-order valence-corrected chi connectivity index (χ2v) is 4.58. The van der Waals surface area contributed by atoms with Gasteiger partial charge in [-0.25, -0.2) is 0 Å². The summed E-state index contributed by atoms with van der Waals surface area (Å²) >= 11 is 3.00. The van der Waals surface area contributed by atoms with E-state index in [1.165, 1.54) is 0 Å². The normalized spacial score (nSPS) is 13.5. The molecule has 0 fully saturated rings. The summed E-state index contributed by atoms with van der Waals surface area (Å²) in [6.45, 7) is 5.26. The summed E-state index contributed by atoms with van der Waals surface area (Å²) < 4.78 is 5.01. The zero-order valence-corrected chi connectivity index (χ0v) is 10.3. The molecule has 0 aliphatic heterocycles. The van der Waals surface area contributed by atoms with E-state index >= 15 is 0 Å². The van der Waals surface area contributed by atoms with Crippen molar-refractivity contribution in [2.45, 2.75) is 38.8 Å². The minimum Gasteiger partial charge on any atom is -0.459 e. The van der Waals surface area contributed by atoms with Gasteiger partial charge in [0, 0.05) is 6.42 Å². The Morgan fingerprint density at radius 3 is 2.29 bits per heavy atom. The standard InChI is InChI=1S/C9H16BrNO3/c1-9(2,3)14-8(13)7(11)4-6(12)5-10/h7H,4-5,11H2,1-3H3. The fourth-order valence-electron chi connectivity index (χ4n) is 0.761. The summed E-state index contributed by atoms with van der Waals surface area (Å²) in [6, 6.07) is -0.862. The van der Waals surface area contributed by atoms with E-state index in [1.54, 1.807) is 20.8 Å². The highest BCUT2D eigenvalue weighted by Gasteiger charge is 2.23. The van der Waals surface area contributed by atoms with Crippen molar-refractivity contribution in [2.24, 2.45) is 5.73 Å². The van der Waals surface area contributed by atoms with E-state index in [1.807, 2.05) is 0 Å². The van der Waals surface area contributed by atoms with Crippen molar-refractivity contribution in [3.05, 3.63) is 0 Å². The van der Waals surface area contributed by atoms with Crippen molar-refractivity contribution in [3.63, 3.8) is 0 Å². The molecule has 2 N–H and O–H groups in total. The number of carbonyl (C=O) groups excluding carboxylic acids is 2. The first-order valence-corrected chi connectivity index (χ1v) is 5.44. The number of ketones is 1. The van der Waals surface area contributed by atoms with Gasteiger partial charge in [-0.3, -0.25) is 9.59 Å². The third kappa shape index (κ3) is 6.10. The number of esters is 1. The Morgan fingerprint density at radius 1 is 1.43 bits per heavy atom. The monoisotopic (exact) mass is 265 g/mol. The minimum atomic E-state index is -0.862. The van der Waals surface area contributed by atoms with Gasteiger partial charge in [0.05, 0.1) is 5.33 Å². The summed E-state index contributed by atoms with van der Waals surface area (Å²) in [7, 11) is 0. The Hall–Kier alpha value is -0.420. The molecule has 0 aromatic rings. The first kappa shape index (κ1) is 13.6. The molecule has 0 rings (SSSR count). The van der Waals surface area contributed by atoms with Crippen LogP contribution in [0, 0.1) is 0 Å². The van der Waals surface area contributed by atoms with E-state index in [0.717, 1.165) is 0 Å². The number of carbonyl (C=O) groups is 2. The number of alkyl halides is 1. The molecule has 0 heterocycles. The molecule has 0 amide bonds. The Kier molecular flexibility index (Phi) is 5.29. The smallest absolute Gasteiger partial charge is 0.323 e. The molecule has 4 nitrogen and oxygen atoms in total. The topological polar surface area (TPSA) is 69.4 Å². The predicted octanol–water partition coefficient (Wildman–Crippen LogP) is 1.01. The van der Waals surface area contributed by atoms with Crippen LogP contribution < -0.4 is 5.73 Å². The van der Waals surface area contributed by atoms with Crippen molar-refractivity contribution in [3.8, 4) is 0 Å². The number of nitrogens with two attached hydrogens (primary N) is 1. The average molecular weight is 266 g/mol. The Balaban J connectivity index is 4.07. The van der Waals surface area contributed by atoms with Crippen molar-refractivity contribution in [1.29, 1.82) is 0 Å². The van der Waals surface area contributed by atoms with Crippen LogP contribution in [0.4, 0.5) is 0 Å². The highest BCUT2D eigenvalue weighted by molar-refractivity contribution is 9.09. The molecule has 5 heteroatoms. The van der Waals surface area contributed by atoms with E-state index in [2.05, 4.69) is 15.9 Å². The van der Waals surface area contributed by atoms with Gasteiger partial charge in [-0.1, -0.05) is 15.9 Å². The van der Waals surface area contributed by atoms with E-state index in [-0.39, 0.29) is 17.5 Å². The highest BCUT2D eigenvalue weighted by Crippen LogP contribution is 2.09. The second kappa shape index (κ2) is 5.46. The third-order valence-corrected chi connectivity index (χ3v) is 1.93. The molecule has 0 saturated heterocycles. The summed E-state index contributed by atoms with van der Waals surface area (Å²) in [5, 5.41) is 0.212. The van der Waals surface area contributed by atoms with Gasteiger partial charge in [-0.2, -0.15) is 0 Å². The molecule has 0 radical (unpaired) electrons. The molecule has 0 saturated carbocycles. The molecule has 0 aliphatic carbocycles. The lowest BCUT2D eigenvalue weighted by atomic mass is 10.1. The lowest BCUT2D eigenvalue weighted by Crippen LogP contribution is -2.39. The fraction of sp³-hybridized carbons (Fsp3) is 0.778. The number of halogens is 1. The summed E-state index contributed by atoms with van der Waals surface area (Å²) in [5.41, 5.74) is 4.92. The maximum Gasteiger partial charge on any atom is 0.323 e. The molecule has 1 atom stereocenters. The Labute approximate surface area is 92.3 Å². The molecular weight excluding hydrogens is 250 g/mol. The van der Waals surface area contributed by atoms with Crippen LogP contribution in [0.15, 0.2) is 0 Å². The van der Waals surface area contributed by atoms with E-state index in [4.69, 9.17) is 10.5 Å². The highest BCUT2D eigenvalue weighted by atomic mass is 79.9. The Bertz CT molecular complexity index is 223. The van der Waals surface area contributed by atoms with E-state index in [0.29, 0.717) is 0 Å². The van der Waals surface area contributed by atoms with Crippen LogP contribution >= 0.6 is 15.9 Å². The van der Waals surface area contributed by atoms with Crippen LogP contribution in [0.3, 0.4) is 0 Å². The van der Waals surface area contributed by atoms with E-state index in [9.17, 15) is 9.59 Å². The van der Waals surface area contributed by atoms with Crippen molar-refractivity contribution in [2.75, 3.05) is 5.33 Å². The first-order valence-electron chi connectivity index (χ1n) is 4.32. The molecule has 82 valence electrons. The third-order valence-electron chi connectivity index (χ3n) is 1.31. The number of hydrogen-bond acceptors (Lipinski definition) is 4. The van der Waals surface area contributed by atoms with Crippen molar-refractivity contribution >= 4 is 27.7 Å². The van der Waals surface area contributed by atoms with Gasteiger partial charge >= 0.3 is 5.97 Å². The summed E-state index contributed by atoms with van der Waals surface area (Å²) in [5.74, 6) is -0.643. The summed E-state index contributed by atoms with van der Waals surface area (Å²) in [6.07, 6.45) is 0.0141. The largest absolute Gasteiger partial charge is 0.459 e. The van der Waals surface area contributed by atoms with Gasteiger partial charge in [0.1, 0.15) is 17.4 Å². The number of hydrogen-bond donors (Lipinski definition) is 1. The maximum absolute atomic E-state index is 11.3. The molecule has 0 spiro atoms. The zero-order chi connectivity index (χ0) is 11.4.